The van der Waals surface area contributed by atoms with E-state index in [1.54, 1.807) is 7.11 Å². The Balaban J connectivity index is 0.000000437. The largest absolute Gasteiger partial charge is 0.497 e. The molecule has 1 aliphatic carbocycles. The normalized spacial score (nSPS) is 15.9. The maximum Gasteiger partial charge on any atom is 0.229 e. The Morgan fingerprint density at radius 3 is 2.06 bits per heavy atom. The number of halogens is 2. The number of methoxy groups -OCH3 is 1. The molecule has 0 spiro atoms. The van der Waals surface area contributed by atoms with Crippen molar-refractivity contribution in [3.8, 4) is 5.75 Å². The standard InChI is InChI=1S/C13H18O.CH2F2/c1-14-13-9-7-12(8-10-13)11-5-3-2-4-6-11;2-1-3/h7-11H,2-6H2,1H3;1H2. The van der Waals surface area contributed by atoms with Crippen molar-refractivity contribution in [3.63, 3.8) is 0 Å². The maximum atomic E-state index is 9.62. The molecule has 1 aromatic carbocycles. The van der Waals surface area contributed by atoms with E-state index in [2.05, 4.69) is 24.3 Å². The molecule has 0 saturated heterocycles. The molecular weight excluding hydrogens is 222 g/mol. The summed E-state index contributed by atoms with van der Waals surface area (Å²) in [6, 6.07) is 8.58. The number of alkyl halides is 2. The van der Waals surface area contributed by atoms with Gasteiger partial charge in [0.1, 0.15) is 5.75 Å². The second-order valence-corrected chi connectivity index (χ2v) is 4.21. The molecule has 0 N–H and O–H groups in total. The zero-order valence-electron chi connectivity index (χ0n) is 10.3. The fourth-order valence-corrected chi connectivity index (χ4v) is 2.31. The van der Waals surface area contributed by atoms with Crippen LogP contribution in [0.3, 0.4) is 0 Å². The summed E-state index contributed by atoms with van der Waals surface area (Å²) in [5.74, 6) is 1.76. The van der Waals surface area contributed by atoms with E-state index in [4.69, 9.17) is 4.74 Å². The van der Waals surface area contributed by atoms with Crippen LogP contribution in [-0.2, 0) is 0 Å². The number of hydrogen-bond acceptors (Lipinski definition) is 1. The Hall–Kier alpha value is -1.12. The van der Waals surface area contributed by atoms with Crippen molar-refractivity contribution < 1.29 is 13.5 Å². The van der Waals surface area contributed by atoms with Crippen molar-refractivity contribution in [1.29, 1.82) is 0 Å². The lowest BCUT2D eigenvalue weighted by Gasteiger charge is -2.21. The van der Waals surface area contributed by atoms with E-state index in [0.717, 1.165) is 11.7 Å². The highest BCUT2D eigenvalue weighted by molar-refractivity contribution is 5.29. The van der Waals surface area contributed by atoms with Crippen molar-refractivity contribution >= 4 is 0 Å². The van der Waals surface area contributed by atoms with Crippen LogP contribution in [0.5, 0.6) is 5.75 Å². The summed E-state index contributed by atoms with van der Waals surface area (Å²) < 4.78 is 24.4. The van der Waals surface area contributed by atoms with Gasteiger partial charge in [-0.1, -0.05) is 31.4 Å². The predicted molar refractivity (Wildman–Crippen MR) is 65.9 cm³/mol. The van der Waals surface area contributed by atoms with Crippen LogP contribution >= 0.6 is 0 Å². The molecule has 0 radical (unpaired) electrons. The first kappa shape index (κ1) is 13.9. The third-order valence-corrected chi connectivity index (χ3v) is 3.19. The first-order chi connectivity index (χ1) is 8.31. The van der Waals surface area contributed by atoms with Gasteiger partial charge in [-0.25, -0.2) is 8.78 Å². The van der Waals surface area contributed by atoms with Crippen LogP contribution in [0.4, 0.5) is 8.78 Å². The van der Waals surface area contributed by atoms with Crippen LogP contribution in [0.1, 0.15) is 43.6 Å². The summed E-state index contributed by atoms with van der Waals surface area (Å²) in [5.41, 5.74) is 1.49. The maximum absolute atomic E-state index is 9.62. The van der Waals surface area contributed by atoms with Gasteiger partial charge in [0.2, 0.25) is 6.93 Å². The molecule has 0 unspecified atom stereocenters. The van der Waals surface area contributed by atoms with Gasteiger partial charge in [-0.05, 0) is 36.5 Å². The van der Waals surface area contributed by atoms with Crippen LogP contribution in [0.25, 0.3) is 0 Å². The second-order valence-electron chi connectivity index (χ2n) is 4.21. The first-order valence-electron chi connectivity index (χ1n) is 6.07. The van der Waals surface area contributed by atoms with E-state index in [1.165, 1.54) is 37.7 Å². The van der Waals surface area contributed by atoms with Gasteiger partial charge in [0.25, 0.3) is 0 Å². The van der Waals surface area contributed by atoms with Gasteiger partial charge in [-0.2, -0.15) is 0 Å². The van der Waals surface area contributed by atoms with E-state index < -0.39 is 6.93 Å². The Morgan fingerprint density at radius 2 is 1.59 bits per heavy atom. The highest BCUT2D eigenvalue weighted by Gasteiger charge is 2.14. The van der Waals surface area contributed by atoms with Gasteiger partial charge >= 0.3 is 0 Å². The smallest absolute Gasteiger partial charge is 0.229 e. The fraction of sp³-hybridized carbons (Fsp3) is 0.571. The van der Waals surface area contributed by atoms with Crippen molar-refractivity contribution in [2.45, 2.75) is 38.0 Å². The Kier molecular flexibility index (Phi) is 6.60. The molecule has 1 aromatic rings. The Bertz CT molecular complexity index is 292. The summed E-state index contributed by atoms with van der Waals surface area (Å²) in [4.78, 5) is 0. The molecule has 0 bridgehead atoms. The molecule has 0 heterocycles. The quantitative estimate of drug-likeness (QED) is 0.735. The summed E-state index contributed by atoms with van der Waals surface area (Å²) in [6.07, 6.45) is 6.96. The van der Waals surface area contributed by atoms with Gasteiger partial charge in [0.05, 0.1) is 7.11 Å². The van der Waals surface area contributed by atoms with Gasteiger partial charge in [-0.3, -0.25) is 0 Å². The number of ether oxygens (including phenoxy) is 1. The second kappa shape index (κ2) is 8.04. The van der Waals surface area contributed by atoms with Gasteiger partial charge in [0, 0.05) is 0 Å². The molecule has 0 atom stereocenters. The van der Waals surface area contributed by atoms with Crippen molar-refractivity contribution in [2.75, 3.05) is 14.0 Å². The van der Waals surface area contributed by atoms with Crippen LogP contribution in [0.15, 0.2) is 24.3 Å². The zero-order chi connectivity index (χ0) is 12.5. The minimum Gasteiger partial charge on any atom is -0.497 e. The topological polar surface area (TPSA) is 9.23 Å². The highest BCUT2D eigenvalue weighted by atomic mass is 19.3. The van der Waals surface area contributed by atoms with Crippen molar-refractivity contribution in [1.82, 2.24) is 0 Å². The SMILES string of the molecule is COc1ccc(C2CCCCC2)cc1.FCF. The van der Waals surface area contributed by atoms with Crippen LogP contribution in [-0.4, -0.2) is 14.0 Å². The lowest BCUT2D eigenvalue weighted by molar-refractivity contribution is 0.295. The molecule has 0 aliphatic heterocycles. The first-order valence-corrected chi connectivity index (χ1v) is 6.07. The van der Waals surface area contributed by atoms with E-state index in [0.29, 0.717) is 0 Å². The van der Waals surface area contributed by atoms with E-state index in [-0.39, 0.29) is 0 Å². The summed E-state index contributed by atoms with van der Waals surface area (Å²) in [7, 11) is 1.72. The van der Waals surface area contributed by atoms with Crippen molar-refractivity contribution in [2.24, 2.45) is 0 Å². The molecule has 1 nitrogen and oxygen atoms in total. The number of benzene rings is 1. The van der Waals surface area contributed by atoms with Gasteiger partial charge < -0.3 is 4.74 Å². The third kappa shape index (κ3) is 4.72. The summed E-state index contributed by atoms with van der Waals surface area (Å²) >= 11 is 0. The summed E-state index contributed by atoms with van der Waals surface area (Å²) in [5, 5.41) is 0. The highest BCUT2D eigenvalue weighted by Crippen LogP contribution is 2.33. The summed E-state index contributed by atoms with van der Waals surface area (Å²) in [6.45, 7) is -1.75. The molecule has 3 heteroatoms. The molecule has 1 aliphatic rings. The van der Waals surface area contributed by atoms with Crippen LogP contribution < -0.4 is 4.74 Å². The van der Waals surface area contributed by atoms with Crippen LogP contribution in [0, 0.1) is 0 Å². The minimum absolute atomic E-state index is 0.801. The number of hydrogen-bond donors (Lipinski definition) is 0. The predicted octanol–water partition coefficient (Wildman–Crippen LogP) is 4.63. The average molecular weight is 242 g/mol. The number of rotatable bonds is 2. The zero-order valence-corrected chi connectivity index (χ0v) is 10.3. The monoisotopic (exact) mass is 242 g/mol. The van der Waals surface area contributed by atoms with Crippen LogP contribution in [0.2, 0.25) is 0 Å². The Morgan fingerprint density at radius 1 is 1.06 bits per heavy atom. The van der Waals surface area contributed by atoms with Gasteiger partial charge in [0.15, 0.2) is 0 Å². The Labute approximate surface area is 102 Å². The van der Waals surface area contributed by atoms with E-state index in [1.807, 2.05) is 0 Å². The molecule has 17 heavy (non-hydrogen) atoms. The van der Waals surface area contributed by atoms with E-state index >= 15 is 0 Å². The lowest BCUT2D eigenvalue weighted by atomic mass is 9.84. The molecule has 0 amide bonds. The van der Waals surface area contributed by atoms with E-state index in [9.17, 15) is 8.78 Å². The minimum atomic E-state index is -1.75. The fourth-order valence-electron chi connectivity index (χ4n) is 2.31. The van der Waals surface area contributed by atoms with Crippen molar-refractivity contribution in [3.05, 3.63) is 29.8 Å². The lowest BCUT2D eigenvalue weighted by Crippen LogP contribution is -2.04. The molecular formula is C14H20F2O. The molecule has 0 aromatic heterocycles. The molecule has 96 valence electrons. The molecule has 1 saturated carbocycles. The van der Waals surface area contributed by atoms with Gasteiger partial charge in [-0.15, -0.1) is 0 Å². The molecule has 1 fully saturated rings. The molecule has 2 rings (SSSR count). The average Bonchev–Trinajstić information content (AvgIpc) is 2.41. The third-order valence-electron chi connectivity index (χ3n) is 3.19.